The zero-order valence-electron chi connectivity index (χ0n) is 15.5. The molecule has 0 N–H and O–H groups in total. The summed E-state index contributed by atoms with van der Waals surface area (Å²) in [6, 6.07) is 3.08. The summed E-state index contributed by atoms with van der Waals surface area (Å²) in [5.41, 5.74) is 1.65. The van der Waals surface area contributed by atoms with E-state index < -0.39 is 5.82 Å². The van der Waals surface area contributed by atoms with E-state index in [9.17, 15) is 4.39 Å². The summed E-state index contributed by atoms with van der Waals surface area (Å²) in [7, 11) is 0. The van der Waals surface area contributed by atoms with Crippen molar-refractivity contribution in [2.75, 3.05) is 19.8 Å². The number of oxime groups is 1. The molecule has 7 heteroatoms. The number of rotatable bonds is 12. The van der Waals surface area contributed by atoms with Crippen molar-refractivity contribution in [1.29, 1.82) is 0 Å². The number of hydrogen-bond donors (Lipinski definition) is 0. The lowest BCUT2D eigenvalue weighted by Crippen LogP contribution is -2.04. The quantitative estimate of drug-likeness (QED) is 0.241. The molecule has 26 heavy (non-hydrogen) atoms. The fourth-order valence-electron chi connectivity index (χ4n) is 2.13. The van der Waals surface area contributed by atoms with E-state index in [0.717, 1.165) is 30.5 Å². The van der Waals surface area contributed by atoms with E-state index in [4.69, 9.17) is 37.5 Å². The first-order valence-corrected chi connectivity index (χ1v) is 9.42. The molecule has 0 bridgehead atoms. The van der Waals surface area contributed by atoms with E-state index in [2.05, 4.69) is 5.16 Å². The molecule has 0 saturated heterocycles. The van der Waals surface area contributed by atoms with Crippen LogP contribution in [0.15, 0.2) is 27.9 Å². The third-order valence-electron chi connectivity index (χ3n) is 3.34. The van der Waals surface area contributed by atoms with Gasteiger partial charge < -0.3 is 14.3 Å². The van der Waals surface area contributed by atoms with E-state index in [0.29, 0.717) is 25.4 Å². The standard InChI is InChI=1S/C19H26Cl2FNO3/c1-4-15-12-16(24-11-8-18(20)21)13-17(22)19(15)25-9-6-5-7-10-26-23-14(2)3/h8,12-13H,4-7,9-11H2,1-3H3. The second-order valence-electron chi connectivity index (χ2n) is 5.83. The lowest BCUT2D eigenvalue weighted by molar-refractivity contribution is 0.138. The number of nitrogens with zero attached hydrogens (tertiary/aromatic N) is 1. The third-order valence-corrected chi connectivity index (χ3v) is 3.64. The maximum Gasteiger partial charge on any atom is 0.169 e. The molecule has 0 aliphatic carbocycles. The van der Waals surface area contributed by atoms with Gasteiger partial charge >= 0.3 is 0 Å². The van der Waals surface area contributed by atoms with Crippen LogP contribution in [0.4, 0.5) is 4.39 Å². The Hall–Kier alpha value is -1.46. The molecule has 0 spiro atoms. The molecule has 0 aromatic heterocycles. The largest absolute Gasteiger partial charge is 0.490 e. The summed E-state index contributed by atoms with van der Waals surface area (Å²) < 4.78 is 25.5. The Morgan fingerprint density at radius 2 is 1.85 bits per heavy atom. The molecule has 0 atom stereocenters. The average molecular weight is 406 g/mol. The van der Waals surface area contributed by atoms with Crippen molar-refractivity contribution in [3.63, 3.8) is 0 Å². The van der Waals surface area contributed by atoms with Crippen molar-refractivity contribution in [1.82, 2.24) is 0 Å². The summed E-state index contributed by atoms with van der Waals surface area (Å²) in [4.78, 5) is 5.13. The van der Waals surface area contributed by atoms with Gasteiger partial charge in [-0.25, -0.2) is 4.39 Å². The van der Waals surface area contributed by atoms with Crippen LogP contribution in [-0.4, -0.2) is 25.5 Å². The van der Waals surface area contributed by atoms with Crippen LogP contribution in [0.3, 0.4) is 0 Å². The Bertz CT molecular complexity index is 613. The van der Waals surface area contributed by atoms with E-state index in [-0.39, 0.29) is 16.8 Å². The topological polar surface area (TPSA) is 40.0 Å². The predicted molar refractivity (Wildman–Crippen MR) is 105 cm³/mol. The summed E-state index contributed by atoms with van der Waals surface area (Å²) >= 11 is 11.0. The molecule has 0 fully saturated rings. The van der Waals surface area contributed by atoms with Crippen LogP contribution >= 0.6 is 23.2 Å². The summed E-state index contributed by atoms with van der Waals surface area (Å²) in [6.45, 7) is 6.90. The monoisotopic (exact) mass is 405 g/mol. The minimum absolute atomic E-state index is 0.114. The number of benzene rings is 1. The molecule has 1 aromatic carbocycles. The second-order valence-corrected chi connectivity index (χ2v) is 6.84. The van der Waals surface area contributed by atoms with Gasteiger partial charge in [-0.3, -0.25) is 0 Å². The number of ether oxygens (including phenoxy) is 2. The van der Waals surface area contributed by atoms with E-state index in [1.54, 1.807) is 6.07 Å². The Kier molecular flexibility index (Phi) is 11.1. The maximum absolute atomic E-state index is 14.3. The number of aryl methyl sites for hydroxylation is 1. The van der Waals surface area contributed by atoms with Crippen molar-refractivity contribution < 1.29 is 18.7 Å². The van der Waals surface area contributed by atoms with Gasteiger partial charge in [-0.2, -0.15) is 0 Å². The molecule has 1 aromatic rings. The normalized spacial score (nSPS) is 10.2. The molecule has 0 amide bonds. The second kappa shape index (κ2) is 12.8. The highest BCUT2D eigenvalue weighted by atomic mass is 35.5. The van der Waals surface area contributed by atoms with Gasteiger partial charge in [-0.1, -0.05) is 35.3 Å². The van der Waals surface area contributed by atoms with Gasteiger partial charge in [0.15, 0.2) is 11.6 Å². The molecule has 0 saturated carbocycles. The van der Waals surface area contributed by atoms with Crippen molar-refractivity contribution >= 4 is 28.9 Å². The molecule has 0 radical (unpaired) electrons. The molecular formula is C19H26Cl2FNO3. The fraction of sp³-hybridized carbons (Fsp3) is 0.526. The van der Waals surface area contributed by atoms with Crippen LogP contribution in [0.1, 0.15) is 45.6 Å². The van der Waals surface area contributed by atoms with E-state index in [1.807, 2.05) is 20.8 Å². The van der Waals surface area contributed by atoms with Crippen molar-refractivity contribution in [3.05, 3.63) is 34.1 Å². The average Bonchev–Trinajstić information content (AvgIpc) is 2.57. The molecule has 0 unspecified atom stereocenters. The Morgan fingerprint density at radius 3 is 2.50 bits per heavy atom. The molecule has 146 valence electrons. The summed E-state index contributed by atoms with van der Waals surface area (Å²) in [5, 5.41) is 3.87. The number of halogens is 3. The highest BCUT2D eigenvalue weighted by molar-refractivity contribution is 6.55. The van der Waals surface area contributed by atoms with Gasteiger partial charge in [0.05, 0.1) is 12.3 Å². The van der Waals surface area contributed by atoms with Crippen LogP contribution in [-0.2, 0) is 11.3 Å². The van der Waals surface area contributed by atoms with E-state index in [1.165, 1.54) is 12.1 Å². The van der Waals surface area contributed by atoms with Gasteiger partial charge in [-0.15, -0.1) is 0 Å². The van der Waals surface area contributed by atoms with Crippen LogP contribution in [0.2, 0.25) is 0 Å². The van der Waals surface area contributed by atoms with Crippen LogP contribution in [0.5, 0.6) is 11.5 Å². The smallest absolute Gasteiger partial charge is 0.169 e. The summed E-state index contributed by atoms with van der Waals surface area (Å²) in [5.74, 6) is 0.270. The van der Waals surface area contributed by atoms with Gasteiger partial charge in [0.25, 0.3) is 0 Å². The van der Waals surface area contributed by atoms with Gasteiger partial charge in [0, 0.05) is 11.6 Å². The first-order valence-electron chi connectivity index (χ1n) is 8.66. The number of hydrogen-bond acceptors (Lipinski definition) is 4. The van der Waals surface area contributed by atoms with Crippen molar-refractivity contribution in [2.45, 2.75) is 46.5 Å². The fourth-order valence-corrected chi connectivity index (χ4v) is 2.25. The minimum atomic E-state index is -0.434. The lowest BCUT2D eigenvalue weighted by Gasteiger charge is -2.14. The van der Waals surface area contributed by atoms with Gasteiger partial charge in [-0.05, 0) is 51.7 Å². The van der Waals surface area contributed by atoms with Crippen LogP contribution in [0.25, 0.3) is 0 Å². The van der Waals surface area contributed by atoms with Crippen molar-refractivity contribution in [3.8, 4) is 11.5 Å². The first kappa shape index (κ1) is 22.6. The highest BCUT2D eigenvalue weighted by Crippen LogP contribution is 2.29. The molecule has 1 rings (SSSR count). The SMILES string of the molecule is CCc1cc(OCC=C(Cl)Cl)cc(F)c1OCCCCCON=C(C)C. The Labute approximate surface area is 164 Å². The van der Waals surface area contributed by atoms with Crippen molar-refractivity contribution in [2.24, 2.45) is 5.16 Å². The Balaban J connectivity index is 2.46. The molecular weight excluding hydrogens is 380 g/mol. The number of unbranched alkanes of at least 4 members (excludes halogenated alkanes) is 2. The highest BCUT2D eigenvalue weighted by Gasteiger charge is 2.12. The zero-order chi connectivity index (χ0) is 19.4. The third kappa shape index (κ3) is 9.30. The first-order chi connectivity index (χ1) is 12.4. The van der Waals surface area contributed by atoms with Gasteiger partial charge in [0.2, 0.25) is 0 Å². The van der Waals surface area contributed by atoms with Gasteiger partial charge in [0.1, 0.15) is 23.5 Å². The zero-order valence-corrected chi connectivity index (χ0v) is 17.0. The summed E-state index contributed by atoms with van der Waals surface area (Å²) in [6.07, 6.45) is 4.75. The minimum Gasteiger partial charge on any atom is -0.490 e. The molecule has 4 nitrogen and oxygen atoms in total. The van der Waals surface area contributed by atoms with E-state index >= 15 is 0 Å². The molecule has 0 aliphatic heterocycles. The Morgan fingerprint density at radius 1 is 1.12 bits per heavy atom. The predicted octanol–water partition coefficient (Wildman–Crippen LogP) is 6.05. The molecule has 0 heterocycles. The van der Waals surface area contributed by atoms with Crippen LogP contribution in [0, 0.1) is 5.82 Å². The lowest BCUT2D eigenvalue weighted by atomic mass is 10.1. The van der Waals surface area contributed by atoms with Crippen LogP contribution < -0.4 is 9.47 Å². The molecule has 0 aliphatic rings. The maximum atomic E-state index is 14.3.